The van der Waals surface area contributed by atoms with Gasteiger partial charge in [-0.1, -0.05) is 60.7 Å². The highest BCUT2D eigenvalue weighted by Gasteiger charge is 2.13. The Morgan fingerprint density at radius 1 is 0.750 bits per heavy atom. The van der Waals surface area contributed by atoms with Gasteiger partial charge in [-0.2, -0.15) is 0 Å². The van der Waals surface area contributed by atoms with Crippen molar-refractivity contribution in [1.82, 2.24) is 0 Å². The highest BCUT2D eigenvalue weighted by Crippen LogP contribution is 2.25. The molecule has 0 amide bonds. The smallest absolute Gasteiger partial charge is 0.108 e. The van der Waals surface area contributed by atoms with E-state index >= 15 is 0 Å². The van der Waals surface area contributed by atoms with Crippen molar-refractivity contribution in [2.75, 3.05) is 26.4 Å². The summed E-state index contributed by atoms with van der Waals surface area (Å²) in [6.07, 6.45) is -0.0566. The predicted molar refractivity (Wildman–Crippen MR) is 80.6 cm³/mol. The lowest BCUT2D eigenvalue weighted by molar-refractivity contribution is 0.0219. The third kappa shape index (κ3) is 4.46. The van der Waals surface area contributed by atoms with Crippen molar-refractivity contribution in [3.8, 4) is 0 Å². The SMILES string of the molecule is NCCOCCOC(c1ccccc1)c1ccccc1. The number of rotatable bonds is 8. The van der Waals surface area contributed by atoms with Crippen molar-refractivity contribution in [3.63, 3.8) is 0 Å². The molecule has 0 aliphatic heterocycles. The molecule has 0 radical (unpaired) electrons. The van der Waals surface area contributed by atoms with Crippen molar-refractivity contribution in [2.24, 2.45) is 5.73 Å². The Balaban J connectivity index is 2.02. The lowest BCUT2D eigenvalue weighted by atomic mass is 10.0. The molecule has 0 heterocycles. The van der Waals surface area contributed by atoms with E-state index in [2.05, 4.69) is 24.3 Å². The van der Waals surface area contributed by atoms with Crippen molar-refractivity contribution >= 4 is 0 Å². The van der Waals surface area contributed by atoms with E-state index in [0.717, 1.165) is 11.1 Å². The van der Waals surface area contributed by atoms with E-state index in [1.807, 2.05) is 36.4 Å². The minimum atomic E-state index is -0.0566. The first-order chi connectivity index (χ1) is 9.92. The van der Waals surface area contributed by atoms with E-state index in [4.69, 9.17) is 15.2 Å². The molecule has 3 heteroatoms. The molecule has 0 fully saturated rings. The number of benzene rings is 2. The van der Waals surface area contributed by atoms with Gasteiger partial charge in [0.05, 0.1) is 19.8 Å². The van der Waals surface area contributed by atoms with Gasteiger partial charge in [-0.05, 0) is 11.1 Å². The average molecular weight is 271 g/mol. The summed E-state index contributed by atoms with van der Waals surface area (Å²) in [5, 5.41) is 0. The van der Waals surface area contributed by atoms with Crippen LogP contribution in [0.25, 0.3) is 0 Å². The Hall–Kier alpha value is -1.68. The zero-order valence-corrected chi connectivity index (χ0v) is 11.6. The third-order valence-corrected chi connectivity index (χ3v) is 2.98. The van der Waals surface area contributed by atoms with Gasteiger partial charge in [0.1, 0.15) is 6.10 Å². The van der Waals surface area contributed by atoms with Crippen molar-refractivity contribution in [1.29, 1.82) is 0 Å². The summed E-state index contributed by atoms with van der Waals surface area (Å²) in [7, 11) is 0. The Morgan fingerprint density at radius 2 is 1.30 bits per heavy atom. The van der Waals surface area contributed by atoms with Crippen LogP contribution in [0.1, 0.15) is 17.2 Å². The Morgan fingerprint density at radius 3 is 1.80 bits per heavy atom. The zero-order valence-electron chi connectivity index (χ0n) is 11.6. The van der Waals surface area contributed by atoms with Gasteiger partial charge in [0.2, 0.25) is 0 Å². The molecular weight excluding hydrogens is 250 g/mol. The monoisotopic (exact) mass is 271 g/mol. The minimum absolute atomic E-state index is 0.0566. The van der Waals surface area contributed by atoms with Gasteiger partial charge < -0.3 is 15.2 Å². The molecule has 2 aromatic carbocycles. The van der Waals surface area contributed by atoms with Crippen molar-refractivity contribution in [3.05, 3.63) is 71.8 Å². The van der Waals surface area contributed by atoms with Crippen molar-refractivity contribution in [2.45, 2.75) is 6.10 Å². The third-order valence-electron chi connectivity index (χ3n) is 2.98. The van der Waals surface area contributed by atoms with E-state index in [0.29, 0.717) is 26.4 Å². The molecule has 0 saturated carbocycles. The standard InChI is InChI=1S/C17H21NO2/c18-11-12-19-13-14-20-17(15-7-3-1-4-8-15)16-9-5-2-6-10-16/h1-10,17H,11-14,18H2. The van der Waals surface area contributed by atoms with Crippen LogP contribution in [0, 0.1) is 0 Å². The quantitative estimate of drug-likeness (QED) is 0.751. The topological polar surface area (TPSA) is 44.5 Å². The highest BCUT2D eigenvalue weighted by molar-refractivity contribution is 5.29. The number of hydrogen-bond acceptors (Lipinski definition) is 3. The molecule has 2 rings (SSSR count). The van der Waals surface area contributed by atoms with E-state index in [1.165, 1.54) is 0 Å². The van der Waals surface area contributed by atoms with Crippen LogP contribution in [0.3, 0.4) is 0 Å². The summed E-state index contributed by atoms with van der Waals surface area (Å²) in [6, 6.07) is 20.5. The van der Waals surface area contributed by atoms with E-state index in [1.54, 1.807) is 0 Å². The molecule has 0 unspecified atom stereocenters. The van der Waals surface area contributed by atoms with Crippen LogP contribution in [0.4, 0.5) is 0 Å². The largest absolute Gasteiger partial charge is 0.378 e. The summed E-state index contributed by atoms with van der Waals surface area (Å²) in [5.41, 5.74) is 7.69. The maximum atomic E-state index is 5.99. The fourth-order valence-electron chi connectivity index (χ4n) is 2.05. The first-order valence-corrected chi connectivity index (χ1v) is 6.91. The Bertz CT molecular complexity index is 433. The second-order valence-corrected chi connectivity index (χ2v) is 4.47. The van der Waals surface area contributed by atoms with Crippen LogP contribution in [-0.2, 0) is 9.47 Å². The first-order valence-electron chi connectivity index (χ1n) is 6.91. The summed E-state index contributed by atoms with van der Waals surface area (Å²) >= 11 is 0. The summed E-state index contributed by atoms with van der Waals surface area (Å²) in [5.74, 6) is 0. The average Bonchev–Trinajstić information content (AvgIpc) is 2.53. The van der Waals surface area contributed by atoms with Crippen LogP contribution in [0.2, 0.25) is 0 Å². The number of hydrogen-bond donors (Lipinski definition) is 1. The molecular formula is C17H21NO2. The number of ether oxygens (including phenoxy) is 2. The van der Waals surface area contributed by atoms with Gasteiger partial charge in [-0.15, -0.1) is 0 Å². The lowest BCUT2D eigenvalue weighted by Crippen LogP contribution is -2.14. The van der Waals surface area contributed by atoms with Gasteiger partial charge in [0.25, 0.3) is 0 Å². The molecule has 2 aromatic rings. The fourth-order valence-corrected chi connectivity index (χ4v) is 2.05. The Kier molecular flexibility index (Phi) is 6.24. The van der Waals surface area contributed by atoms with Crippen LogP contribution in [0.5, 0.6) is 0 Å². The molecule has 3 nitrogen and oxygen atoms in total. The second-order valence-electron chi connectivity index (χ2n) is 4.47. The van der Waals surface area contributed by atoms with Crippen molar-refractivity contribution < 1.29 is 9.47 Å². The maximum Gasteiger partial charge on any atom is 0.108 e. The van der Waals surface area contributed by atoms with E-state index in [-0.39, 0.29) is 6.10 Å². The van der Waals surface area contributed by atoms with E-state index in [9.17, 15) is 0 Å². The molecule has 0 aromatic heterocycles. The molecule has 0 spiro atoms. The molecule has 106 valence electrons. The lowest BCUT2D eigenvalue weighted by Gasteiger charge is -2.19. The van der Waals surface area contributed by atoms with Gasteiger partial charge in [-0.3, -0.25) is 0 Å². The Labute approximate surface area is 120 Å². The van der Waals surface area contributed by atoms with Gasteiger partial charge in [-0.25, -0.2) is 0 Å². The minimum Gasteiger partial charge on any atom is -0.378 e. The maximum absolute atomic E-state index is 5.99. The van der Waals surface area contributed by atoms with Gasteiger partial charge >= 0.3 is 0 Å². The summed E-state index contributed by atoms with van der Waals surface area (Å²) < 4.78 is 11.3. The summed E-state index contributed by atoms with van der Waals surface area (Å²) in [4.78, 5) is 0. The van der Waals surface area contributed by atoms with Crippen LogP contribution in [-0.4, -0.2) is 26.4 Å². The van der Waals surface area contributed by atoms with Gasteiger partial charge in [0.15, 0.2) is 0 Å². The van der Waals surface area contributed by atoms with Crippen LogP contribution < -0.4 is 5.73 Å². The predicted octanol–water partition coefficient (Wildman–Crippen LogP) is 2.77. The van der Waals surface area contributed by atoms with Gasteiger partial charge in [0, 0.05) is 6.54 Å². The second kappa shape index (κ2) is 8.48. The first kappa shape index (κ1) is 14.7. The molecule has 0 saturated heterocycles. The van der Waals surface area contributed by atoms with E-state index < -0.39 is 0 Å². The normalized spacial score (nSPS) is 10.9. The molecule has 2 N–H and O–H groups in total. The molecule has 0 aliphatic rings. The molecule has 0 aliphatic carbocycles. The highest BCUT2D eigenvalue weighted by atomic mass is 16.5. The zero-order chi connectivity index (χ0) is 14.0. The fraction of sp³-hybridized carbons (Fsp3) is 0.294. The molecule has 0 atom stereocenters. The van der Waals surface area contributed by atoms with Crippen LogP contribution >= 0.6 is 0 Å². The summed E-state index contributed by atoms with van der Waals surface area (Å²) in [6.45, 7) is 2.23. The molecule has 20 heavy (non-hydrogen) atoms. The number of nitrogens with two attached hydrogens (primary N) is 1. The van der Waals surface area contributed by atoms with Crippen LogP contribution in [0.15, 0.2) is 60.7 Å². The molecule has 0 bridgehead atoms.